The third-order valence-electron chi connectivity index (χ3n) is 4.65. The van der Waals surface area contributed by atoms with Crippen LogP contribution in [0.5, 0.6) is 0 Å². The summed E-state index contributed by atoms with van der Waals surface area (Å²) in [5.41, 5.74) is 0.337. The molecule has 2 aromatic rings. The van der Waals surface area contributed by atoms with E-state index in [1.807, 2.05) is 13.8 Å². The van der Waals surface area contributed by atoms with Crippen LogP contribution in [0.2, 0.25) is 0 Å². The minimum absolute atomic E-state index is 0.183. The van der Waals surface area contributed by atoms with Gasteiger partial charge in [0, 0.05) is 28.5 Å². The maximum atomic E-state index is 12.8. The molecule has 0 radical (unpaired) electrons. The Hall–Kier alpha value is -1.42. The van der Waals surface area contributed by atoms with E-state index in [2.05, 4.69) is 4.72 Å². The summed E-state index contributed by atoms with van der Waals surface area (Å²) in [6.45, 7) is 6.72. The van der Waals surface area contributed by atoms with Gasteiger partial charge in [-0.05, 0) is 62.9 Å². The average molecular weight is 429 g/mol. The lowest BCUT2D eigenvalue weighted by atomic mass is 10.0. The van der Waals surface area contributed by atoms with Gasteiger partial charge in [0.1, 0.15) is 4.90 Å². The van der Waals surface area contributed by atoms with Gasteiger partial charge >= 0.3 is 0 Å². The molecule has 27 heavy (non-hydrogen) atoms. The molecule has 3 rings (SSSR count). The Labute approximate surface area is 165 Å². The van der Waals surface area contributed by atoms with E-state index in [1.54, 1.807) is 13.0 Å². The van der Waals surface area contributed by atoms with E-state index >= 15 is 0 Å². The molecule has 1 N–H and O–H groups in total. The lowest BCUT2D eigenvalue weighted by Crippen LogP contribution is -2.39. The predicted molar refractivity (Wildman–Crippen MR) is 108 cm³/mol. The highest BCUT2D eigenvalue weighted by Crippen LogP contribution is 2.28. The first-order valence-electron chi connectivity index (χ1n) is 8.79. The van der Waals surface area contributed by atoms with E-state index in [0.717, 1.165) is 22.6 Å². The highest BCUT2D eigenvalue weighted by atomic mass is 32.2. The van der Waals surface area contributed by atoms with E-state index in [-0.39, 0.29) is 9.79 Å². The fraction of sp³-hybridized carbons (Fsp3) is 0.444. The van der Waals surface area contributed by atoms with Gasteiger partial charge in [0.15, 0.2) is 0 Å². The smallest absolute Gasteiger partial charge is 0.262 e. The van der Waals surface area contributed by atoms with Crippen LogP contribution in [0.1, 0.15) is 29.5 Å². The lowest BCUT2D eigenvalue weighted by molar-refractivity contribution is 0.281. The maximum absolute atomic E-state index is 12.8. The highest BCUT2D eigenvalue weighted by Gasteiger charge is 2.28. The number of nitrogens with zero attached hydrogens (tertiary/aromatic N) is 1. The topological polar surface area (TPSA) is 83.5 Å². The van der Waals surface area contributed by atoms with Crippen molar-refractivity contribution in [2.75, 3.05) is 17.8 Å². The van der Waals surface area contributed by atoms with Crippen LogP contribution < -0.4 is 4.72 Å². The zero-order chi connectivity index (χ0) is 19.8. The van der Waals surface area contributed by atoms with Crippen molar-refractivity contribution in [3.8, 4) is 0 Å². The average Bonchev–Trinajstić information content (AvgIpc) is 2.94. The number of aryl methyl sites for hydroxylation is 2. The molecule has 1 atom stereocenters. The Balaban J connectivity index is 1.80. The van der Waals surface area contributed by atoms with Gasteiger partial charge < -0.3 is 0 Å². The number of thiophene rings is 1. The van der Waals surface area contributed by atoms with E-state index in [9.17, 15) is 16.8 Å². The molecule has 9 heteroatoms. The van der Waals surface area contributed by atoms with Gasteiger partial charge in [-0.25, -0.2) is 16.8 Å². The lowest BCUT2D eigenvalue weighted by Gasteiger charge is -2.30. The van der Waals surface area contributed by atoms with Crippen molar-refractivity contribution in [1.82, 2.24) is 4.31 Å². The number of benzene rings is 1. The molecule has 148 valence electrons. The molecule has 1 aromatic heterocycles. The summed E-state index contributed by atoms with van der Waals surface area (Å²) in [6.07, 6.45) is 1.89. The summed E-state index contributed by atoms with van der Waals surface area (Å²) in [7, 11) is -7.25. The van der Waals surface area contributed by atoms with Crippen molar-refractivity contribution in [1.29, 1.82) is 0 Å². The van der Waals surface area contributed by atoms with Crippen molar-refractivity contribution >= 4 is 37.1 Å². The van der Waals surface area contributed by atoms with Crippen molar-refractivity contribution in [3.63, 3.8) is 0 Å². The first-order chi connectivity index (χ1) is 12.6. The minimum atomic E-state index is -3.70. The molecular formula is C18H24N2O4S3. The molecule has 0 saturated carbocycles. The number of nitrogens with one attached hydrogen (secondary N) is 1. The fourth-order valence-electron chi connectivity index (χ4n) is 3.29. The summed E-state index contributed by atoms with van der Waals surface area (Å²) < 4.78 is 54.8. The van der Waals surface area contributed by atoms with E-state index in [1.165, 1.54) is 39.9 Å². The molecule has 6 nitrogen and oxygen atoms in total. The van der Waals surface area contributed by atoms with Gasteiger partial charge in [0.2, 0.25) is 10.0 Å². The van der Waals surface area contributed by atoms with E-state index in [4.69, 9.17) is 0 Å². The molecule has 1 aliphatic heterocycles. The van der Waals surface area contributed by atoms with Crippen molar-refractivity contribution < 1.29 is 16.8 Å². The second-order valence-electron chi connectivity index (χ2n) is 7.02. The third-order valence-corrected chi connectivity index (χ3v) is 9.13. The van der Waals surface area contributed by atoms with Crippen LogP contribution >= 0.6 is 11.3 Å². The van der Waals surface area contributed by atoms with Crippen LogP contribution in [0.15, 0.2) is 40.1 Å². The van der Waals surface area contributed by atoms with Crippen molar-refractivity contribution in [2.24, 2.45) is 5.92 Å². The number of rotatable bonds is 5. The molecule has 0 bridgehead atoms. The first kappa shape index (κ1) is 20.3. The maximum Gasteiger partial charge on any atom is 0.262 e. The van der Waals surface area contributed by atoms with Crippen molar-refractivity contribution in [3.05, 3.63) is 40.1 Å². The SMILES string of the molecule is Cc1cc(S(=O)(=O)Nc2ccc(S(=O)(=O)N3CCC[C@@H](C)C3)cc2)c(C)s1. The van der Waals surface area contributed by atoms with E-state index < -0.39 is 20.0 Å². The fourth-order valence-corrected chi connectivity index (χ4v) is 7.51. The molecule has 1 fully saturated rings. The normalized spacial score (nSPS) is 19.1. The number of sulfonamides is 2. The predicted octanol–water partition coefficient (Wildman–Crippen LogP) is 3.59. The zero-order valence-electron chi connectivity index (χ0n) is 15.6. The summed E-state index contributed by atoms with van der Waals surface area (Å²) >= 11 is 1.42. The number of piperidine rings is 1. The monoisotopic (exact) mass is 428 g/mol. The second-order valence-corrected chi connectivity index (χ2v) is 12.1. The number of anilines is 1. The van der Waals surface area contributed by atoms with Crippen LogP contribution in [-0.4, -0.2) is 34.2 Å². The van der Waals surface area contributed by atoms with Crippen LogP contribution in [0.3, 0.4) is 0 Å². The van der Waals surface area contributed by atoms with Crippen LogP contribution in [0, 0.1) is 19.8 Å². The molecule has 0 unspecified atom stereocenters. The van der Waals surface area contributed by atoms with Crippen LogP contribution in [0.4, 0.5) is 5.69 Å². The van der Waals surface area contributed by atoms with Gasteiger partial charge in [-0.15, -0.1) is 11.3 Å². The largest absolute Gasteiger partial charge is 0.280 e. The Bertz CT molecular complexity index is 1030. The quantitative estimate of drug-likeness (QED) is 0.789. The molecule has 2 heterocycles. The van der Waals surface area contributed by atoms with Crippen molar-refractivity contribution in [2.45, 2.75) is 43.4 Å². The molecule has 0 spiro atoms. The Morgan fingerprint density at radius 1 is 1.11 bits per heavy atom. The highest BCUT2D eigenvalue weighted by molar-refractivity contribution is 7.93. The summed E-state index contributed by atoms with van der Waals surface area (Å²) in [5, 5.41) is 0. The third kappa shape index (κ3) is 4.37. The second kappa shape index (κ2) is 7.54. The number of hydrogen-bond acceptors (Lipinski definition) is 5. The minimum Gasteiger partial charge on any atom is -0.280 e. The Morgan fingerprint density at radius 3 is 2.33 bits per heavy atom. The van der Waals surface area contributed by atoms with Gasteiger partial charge in [-0.3, -0.25) is 4.72 Å². The van der Waals surface area contributed by atoms with Gasteiger partial charge in [-0.2, -0.15) is 4.31 Å². The standard InChI is InChI=1S/C18H24N2O4S3/c1-13-5-4-10-20(12-13)27(23,24)17-8-6-16(7-9-17)19-26(21,22)18-11-14(2)25-15(18)3/h6-9,11,13,19H,4-5,10,12H2,1-3H3/t13-/m1/s1. The van der Waals surface area contributed by atoms with Gasteiger partial charge in [0.25, 0.3) is 10.0 Å². The number of hydrogen-bond donors (Lipinski definition) is 1. The first-order valence-corrected chi connectivity index (χ1v) is 12.5. The molecule has 0 amide bonds. The molecule has 1 aromatic carbocycles. The summed E-state index contributed by atoms with van der Waals surface area (Å²) in [6, 6.07) is 7.54. The summed E-state index contributed by atoms with van der Waals surface area (Å²) in [4.78, 5) is 2.08. The Kier molecular flexibility index (Phi) is 5.67. The van der Waals surface area contributed by atoms with Gasteiger partial charge in [-0.1, -0.05) is 6.92 Å². The zero-order valence-corrected chi connectivity index (χ0v) is 18.0. The van der Waals surface area contributed by atoms with Crippen LogP contribution in [-0.2, 0) is 20.0 Å². The van der Waals surface area contributed by atoms with Crippen LogP contribution in [0.25, 0.3) is 0 Å². The van der Waals surface area contributed by atoms with Gasteiger partial charge in [0.05, 0.1) is 4.90 Å². The Morgan fingerprint density at radius 2 is 1.78 bits per heavy atom. The molecule has 0 aliphatic carbocycles. The summed E-state index contributed by atoms with van der Waals surface area (Å²) in [5.74, 6) is 0.344. The molecule has 1 aliphatic rings. The van der Waals surface area contributed by atoms with E-state index in [0.29, 0.717) is 24.7 Å². The molecular weight excluding hydrogens is 404 g/mol. The molecule has 1 saturated heterocycles.